The first kappa shape index (κ1) is 19.5. The Balaban J connectivity index is 1.39. The molecule has 9 nitrogen and oxygen atoms in total. The fraction of sp³-hybridized carbons (Fsp3) is 0.150. The highest BCUT2D eigenvalue weighted by Crippen LogP contribution is 2.31. The Labute approximate surface area is 175 Å². The molecule has 0 bridgehead atoms. The molecule has 1 aliphatic heterocycles. The van der Waals surface area contributed by atoms with Gasteiger partial charge in [0.1, 0.15) is 5.75 Å². The molecule has 1 aromatic heterocycles. The van der Waals surface area contributed by atoms with Gasteiger partial charge in [0.15, 0.2) is 23.2 Å². The fourth-order valence-corrected chi connectivity index (χ4v) is 3.23. The maximum atomic E-state index is 12.3. The molecule has 1 unspecified atom stereocenters. The summed E-state index contributed by atoms with van der Waals surface area (Å²) in [7, 11) is 1.43. The lowest BCUT2D eigenvalue weighted by molar-refractivity contribution is -0.0707. The minimum absolute atomic E-state index is 0.0669. The molecule has 0 radical (unpaired) electrons. The van der Waals surface area contributed by atoms with Crippen molar-refractivity contribution in [2.75, 3.05) is 24.4 Å². The van der Waals surface area contributed by atoms with E-state index in [9.17, 15) is 9.59 Å². The number of nitrogens with zero attached hydrogens (tertiary/aromatic N) is 1. The monoisotopic (exact) mass is 427 g/mol. The molecule has 0 saturated carbocycles. The summed E-state index contributed by atoms with van der Waals surface area (Å²) in [6.45, 7) is 0.0669. The van der Waals surface area contributed by atoms with E-state index in [1.165, 1.54) is 24.5 Å². The Hall–Kier alpha value is -3.79. The van der Waals surface area contributed by atoms with E-state index >= 15 is 0 Å². The van der Waals surface area contributed by atoms with Crippen LogP contribution in [0.4, 0.5) is 15.6 Å². The van der Waals surface area contributed by atoms with Crippen LogP contribution in [-0.2, 0) is 4.74 Å². The van der Waals surface area contributed by atoms with Crippen LogP contribution in [0.5, 0.6) is 17.2 Å². The Morgan fingerprint density at radius 3 is 2.77 bits per heavy atom. The van der Waals surface area contributed by atoms with Crippen molar-refractivity contribution in [1.82, 2.24) is 4.98 Å². The third-order valence-corrected chi connectivity index (χ3v) is 4.76. The molecule has 0 spiro atoms. The number of thiazole rings is 1. The maximum Gasteiger partial charge on any atom is 0.414 e. The molecular formula is C20H17N3O6S. The number of nitrogens with one attached hydrogen (secondary N) is 2. The standard InChI is InChI=1S/C20H17N3O6S/c1-26-16-10-12(18(24)23-19-21-8-9-30-19)6-7-13(16)22-20(25)29-17-11-27-14-4-2-3-5-15(14)28-17/h2-10,17H,11H2,1H3,(H,22,25)(H,21,23,24). The minimum atomic E-state index is -0.894. The van der Waals surface area contributed by atoms with E-state index in [0.29, 0.717) is 33.6 Å². The zero-order valence-corrected chi connectivity index (χ0v) is 16.6. The second kappa shape index (κ2) is 8.70. The molecule has 10 heteroatoms. The minimum Gasteiger partial charge on any atom is -0.495 e. The number of hydrogen-bond acceptors (Lipinski definition) is 8. The number of carbonyl (C=O) groups excluding carboxylic acids is 2. The van der Waals surface area contributed by atoms with Gasteiger partial charge in [0.25, 0.3) is 12.2 Å². The molecule has 3 aromatic rings. The quantitative estimate of drug-likeness (QED) is 0.638. The number of methoxy groups -OCH3 is 1. The van der Waals surface area contributed by atoms with E-state index in [2.05, 4.69) is 15.6 Å². The van der Waals surface area contributed by atoms with Crippen LogP contribution in [0.25, 0.3) is 0 Å². The third-order valence-electron chi connectivity index (χ3n) is 4.07. The van der Waals surface area contributed by atoms with Crippen LogP contribution in [0.2, 0.25) is 0 Å². The van der Waals surface area contributed by atoms with Crippen LogP contribution in [0.3, 0.4) is 0 Å². The average molecular weight is 427 g/mol. The molecule has 1 aliphatic rings. The van der Waals surface area contributed by atoms with Crippen LogP contribution < -0.4 is 24.8 Å². The van der Waals surface area contributed by atoms with Gasteiger partial charge in [-0.05, 0) is 30.3 Å². The number of carbonyl (C=O) groups is 2. The van der Waals surface area contributed by atoms with Crippen molar-refractivity contribution in [2.24, 2.45) is 0 Å². The van der Waals surface area contributed by atoms with E-state index in [1.807, 2.05) is 6.07 Å². The summed E-state index contributed by atoms with van der Waals surface area (Å²) in [5.41, 5.74) is 0.687. The van der Waals surface area contributed by atoms with E-state index in [1.54, 1.807) is 41.9 Å². The number of rotatable bonds is 5. The molecule has 0 fully saturated rings. The first-order valence-corrected chi connectivity index (χ1v) is 9.75. The van der Waals surface area contributed by atoms with Crippen molar-refractivity contribution in [2.45, 2.75) is 6.29 Å². The van der Waals surface area contributed by atoms with Crippen LogP contribution in [0.15, 0.2) is 54.0 Å². The van der Waals surface area contributed by atoms with Gasteiger partial charge in [-0.2, -0.15) is 0 Å². The summed E-state index contributed by atoms with van der Waals surface area (Å²) in [5.74, 6) is 1.04. The van der Waals surface area contributed by atoms with E-state index < -0.39 is 12.4 Å². The van der Waals surface area contributed by atoms with Crippen molar-refractivity contribution >= 4 is 34.2 Å². The third kappa shape index (κ3) is 4.44. The van der Waals surface area contributed by atoms with Crippen molar-refractivity contribution in [1.29, 1.82) is 0 Å². The maximum absolute atomic E-state index is 12.3. The zero-order valence-electron chi connectivity index (χ0n) is 15.8. The summed E-state index contributed by atoms with van der Waals surface area (Å²) in [5, 5.41) is 7.51. The number of benzene rings is 2. The van der Waals surface area contributed by atoms with Gasteiger partial charge < -0.3 is 18.9 Å². The van der Waals surface area contributed by atoms with Gasteiger partial charge >= 0.3 is 6.09 Å². The van der Waals surface area contributed by atoms with E-state index in [0.717, 1.165) is 0 Å². The van der Waals surface area contributed by atoms with E-state index in [4.69, 9.17) is 18.9 Å². The zero-order chi connectivity index (χ0) is 20.9. The highest BCUT2D eigenvalue weighted by Gasteiger charge is 2.24. The molecule has 154 valence electrons. The Bertz CT molecular complexity index is 1060. The highest BCUT2D eigenvalue weighted by atomic mass is 32.1. The Kier molecular flexibility index (Phi) is 5.66. The lowest BCUT2D eigenvalue weighted by atomic mass is 10.1. The normalized spacial score (nSPS) is 14.5. The molecule has 2 aromatic carbocycles. The fourth-order valence-electron chi connectivity index (χ4n) is 2.71. The number of fused-ring (bicyclic) bond motifs is 1. The lowest BCUT2D eigenvalue weighted by Gasteiger charge is -2.25. The van der Waals surface area contributed by atoms with Gasteiger partial charge in [-0.1, -0.05) is 12.1 Å². The summed E-state index contributed by atoms with van der Waals surface area (Å²) < 4.78 is 21.7. The number of amides is 2. The SMILES string of the molecule is COc1cc(C(=O)Nc2nccs2)ccc1NC(=O)OC1COc2ccccc2O1. The summed E-state index contributed by atoms with van der Waals surface area (Å²) >= 11 is 1.31. The van der Waals surface area contributed by atoms with Gasteiger partial charge in [0.2, 0.25) is 0 Å². The molecule has 1 atom stereocenters. The predicted molar refractivity (Wildman–Crippen MR) is 110 cm³/mol. The van der Waals surface area contributed by atoms with E-state index in [-0.39, 0.29) is 12.5 Å². The molecule has 4 rings (SSSR count). The lowest BCUT2D eigenvalue weighted by Crippen LogP contribution is -2.35. The number of para-hydroxylation sites is 2. The summed E-state index contributed by atoms with van der Waals surface area (Å²) in [6.07, 6.45) is -0.0467. The summed E-state index contributed by atoms with van der Waals surface area (Å²) in [4.78, 5) is 28.6. The van der Waals surface area contributed by atoms with Crippen LogP contribution >= 0.6 is 11.3 Å². The largest absolute Gasteiger partial charge is 0.495 e. The topological polar surface area (TPSA) is 108 Å². The first-order chi connectivity index (χ1) is 14.6. The van der Waals surface area contributed by atoms with Gasteiger partial charge in [0.05, 0.1) is 12.8 Å². The molecule has 0 aliphatic carbocycles. The van der Waals surface area contributed by atoms with Crippen LogP contribution in [0.1, 0.15) is 10.4 Å². The molecule has 2 N–H and O–H groups in total. The van der Waals surface area contributed by atoms with Gasteiger partial charge in [0, 0.05) is 17.1 Å². The number of ether oxygens (including phenoxy) is 4. The Morgan fingerprint density at radius 2 is 2.00 bits per heavy atom. The molecule has 2 heterocycles. The number of hydrogen-bond donors (Lipinski definition) is 2. The molecule has 0 saturated heterocycles. The first-order valence-electron chi connectivity index (χ1n) is 8.87. The van der Waals surface area contributed by atoms with Gasteiger partial charge in [-0.3, -0.25) is 15.4 Å². The number of aromatic nitrogens is 1. The second-order valence-electron chi connectivity index (χ2n) is 6.04. The molecule has 30 heavy (non-hydrogen) atoms. The molecular weight excluding hydrogens is 410 g/mol. The number of anilines is 2. The summed E-state index contributed by atoms with van der Waals surface area (Å²) in [6, 6.07) is 11.7. The predicted octanol–water partition coefficient (Wildman–Crippen LogP) is 3.75. The highest BCUT2D eigenvalue weighted by molar-refractivity contribution is 7.13. The average Bonchev–Trinajstić information content (AvgIpc) is 3.27. The van der Waals surface area contributed by atoms with Crippen LogP contribution in [0, 0.1) is 0 Å². The second-order valence-corrected chi connectivity index (χ2v) is 6.94. The van der Waals surface area contributed by atoms with Crippen molar-refractivity contribution < 1.29 is 28.5 Å². The van der Waals surface area contributed by atoms with Crippen molar-refractivity contribution in [3.63, 3.8) is 0 Å². The van der Waals surface area contributed by atoms with Gasteiger partial charge in [-0.25, -0.2) is 9.78 Å². The van der Waals surface area contributed by atoms with Crippen LogP contribution in [-0.4, -0.2) is 37.0 Å². The Morgan fingerprint density at radius 1 is 1.17 bits per heavy atom. The smallest absolute Gasteiger partial charge is 0.414 e. The molecule has 2 amide bonds. The van der Waals surface area contributed by atoms with Crippen molar-refractivity contribution in [3.8, 4) is 17.2 Å². The van der Waals surface area contributed by atoms with Gasteiger partial charge in [-0.15, -0.1) is 11.3 Å². The van der Waals surface area contributed by atoms with Crippen molar-refractivity contribution in [3.05, 3.63) is 59.6 Å².